The maximum Gasteiger partial charge on any atom is 0.0807 e. The summed E-state index contributed by atoms with van der Waals surface area (Å²) in [6.07, 6.45) is 3.70. The van der Waals surface area contributed by atoms with Gasteiger partial charge in [-0.1, -0.05) is 6.07 Å². The average molecular weight is 195 g/mol. The van der Waals surface area contributed by atoms with Crippen molar-refractivity contribution in [2.24, 2.45) is 5.73 Å². The smallest absolute Gasteiger partial charge is 0.0807 e. The van der Waals surface area contributed by atoms with Crippen LogP contribution >= 0.6 is 11.8 Å². The number of thioether (sulfide) groups is 1. The van der Waals surface area contributed by atoms with Crippen LogP contribution in [0, 0.1) is 0 Å². The zero-order valence-electron chi connectivity index (χ0n) is 7.31. The predicted octanol–water partition coefficient (Wildman–Crippen LogP) is 0.744. The molecule has 70 valence electrons. The quantitative estimate of drug-likeness (QED) is 0.731. The van der Waals surface area contributed by atoms with E-state index in [4.69, 9.17) is 5.73 Å². The number of hydrogen-bond acceptors (Lipinski definition) is 4. The van der Waals surface area contributed by atoms with Gasteiger partial charge in [-0.2, -0.15) is 0 Å². The molecule has 2 heterocycles. The van der Waals surface area contributed by atoms with Crippen molar-refractivity contribution in [3.8, 4) is 0 Å². The van der Waals surface area contributed by atoms with Crippen LogP contribution in [0.5, 0.6) is 0 Å². The van der Waals surface area contributed by atoms with Gasteiger partial charge >= 0.3 is 0 Å². The Labute approximate surface area is 82.1 Å². The molecule has 0 aliphatic carbocycles. The molecule has 1 aliphatic heterocycles. The molecule has 1 aromatic rings. The van der Waals surface area contributed by atoms with Crippen molar-refractivity contribution < 1.29 is 0 Å². The molecule has 13 heavy (non-hydrogen) atoms. The van der Waals surface area contributed by atoms with Crippen LogP contribution in [0.25, 0.3) is 0 Å². The number of hydrogen-bond donors (Lipinski definition) is 2. The lowest BCUT2D eigenvalue weighted by Crippen LogP contribution is -2.33. The summed E-state index contributed by atoms with van der Waals surface area (Å²) >= 11 is 1.90. The first-order valence-electron chi connectivity index (χ1n) is 4.38. The number of nitrogens with one attached hydrogen (secondary N) is 1. The molecule has 4 heteroatoms. The minimum atomic E-state index is 0.377. The van der Waals surface area contributed by atoms with Crippen LogP contribution in [0.3, 0.4) is 0 Å². The molecular weight excluding hydrogens is 182 g/mol. The third-order valence-electron chi connectivity index (χ3n) is 2.12. The second-order valence-corrected chi connectivity index (χ2v) is 4.24. The lowest BCUT2D eigenvalue weighted by atomic mass is 10.2. The summed E-state index contributed by atoms with van der Waals surface area (Å²) in [5.41, 5.74) is 6.82. The summed E-state index contributed by atoms with van der Waals surface area (Å²) in [6, 6.07) is 4.51. The molecule has 2 unspecified atom stereocenters. The van der Waals surface area contributed by atoms with Crippen LogP contribution in [0.1, 0.15) is 10.9 Å². The van der Waals surface area contributed by atoms with Crippen LogP contribution < -0.4 is 11.1 Å². The number of rotatable bonds is 2. The van der Waals surface area contributed by atoms with Gasteiger partial charge in [0.2, 0.25) is 0 Å². The summed E-state index contributed by atoms with van der Waals surface area (Å²) in [4.78, 5) is 4.10. The largest absolute Gasteiger partial charge is 0.329 e. The normalized spacial score (nSPS) is 27.8. The molecule has 1 aromatic heterocycles. The lowest BCUT2D eigenvalue weighted by molar-refractivity contribution is 0.583. The Kier molecular flexibility index (Phi) is 2.83. The van der Waals surface area contributed by atoms with Gasteiger partial charge in [-0.15, -0.1) is 11.8 Å². The molecule has 0 spiro atoms. The van der Waals surface area contributed by atoms with Crippen molar-refractivity contribution in [1.82, 2.24) is 10.3 Å². The Morgan fingerprint density at radius 1 is 1.69 bits per heavy atom. The van der Waals surface area contributed by atoms with Crippen LogP contribution in [0.15, 0.2) is 24.5 Å². The number of pyridine rings is 1. The maximum absolute atomic E-state index is 5.58. The Morgan fingerprint density at radius 2 is 2.62 bits per heavy atom. The molecule has 0 radical (unpaired) electrons. The van der Waals surface area contributed by atoms with Crippen molar-refractivity contribution >= 4 is 11.8 Å². The van der Waals surface area contributed by atoms with E-state index in [0.29, 0.717) is 18.0 Å². The predicted molar refractivity (Wildman–Crippen MR) is 55.4 cm³/mol. The van der Waals surface area contributed by atoms with Crippen molar-refractivity contribution in [3.63, 3.8) is 0 Å². The Morgan fingerprint density at radius 3 is 3.23 bits per heavy atom. The zero-order chi connectivity index (χ0) is 9.10. The standard InChI is InChI=1S/C9H13N3S/c10-4-8-6-13-9(12-8)7-2-1-3-11-5-7/h1-3,5,8-9,12H,4,6,10H2. The topological polar surface area (TPSA) is 50.9 Å². The summed E-state index contributed by atoms with van der Waals surface area (Å²) < 4.78 is 0. The Balaban J connectivity index is 2.04. The van der Waals surface area contributed by atoms with Gasteiger partial charge in [-0.3, -0.25) is 10.3 Å². The van der Waals surface area contributed by atoms with E-state index in [2.05, 4.69) is 16.4 Å². The number of nitrogens with two attached hydrogens (primary N) is 1. The van der Waals surface area contributed by atoms with Crippen LogP contribution in [-0.2, 0) is 0 Å². The highest BCUT2D eigenvalue weighted by Crippen LogP contribution is 2.31. The fourth-order valence-corrected chi connectivity index (χ4v) is 2.66. The monoisotopic (exact) mass is 195 g/mol. The molecule has 2 rings (SSSR count). The number of nitrogens with zero attached hydrogens (tertiary/aromatic N) is 1. The maximum atomic E-state index is 5.58. The molecule has 1 aliphatic rings. The molecule has 0 amide bonds. The molecule has 1 fully saturated rings. The van der Waals surface area contributed by atoms with E-state index < -0.39 is 0 Å². The van der Waals surface area contributed by atoms with Gasteiger partial charge in [0.1, 0.15) is 0 Å². The lowest BCUT2D eigenvalue weighted by Gasteiger charge is -2.11. The second-order valence-electron chi connectivity index (χ2n) is 3.10. The second kappa shape index (κ2) is 4.09. The highest BCUT2D eigenvalue weighted by atomic mass is 32.2. The van der Waals surface area contributed by atoms with Crippen molar-refractivity contribution in [3.05, 3.63) is 30.1 Å². The highest BCUT2D eigenvalue weighted by Gasteiger charge is 2.24. The minimum absolute atomic E-state index is 0.377. The van der Waals surface area contributed by atoms with Gasteiger partial charge in [0, 0.05) is 30.7 Å². The zero-order valence-corrected chi connectivity index (χ0v) is 8.13. The molecule has 2 atom stereocenters. The van der Waals surface area contributed by atoms with Gasteiger partial charge < -0.3 is 5.73 Å². The fraction of sp³-hybridized carbons (Fsp3) is 0.444. The SMILES string of the molecule is NCC1CSC(c2cccnc2)N1. The molecule has 3 nitrogen and oxygen atoms in total. The third kappa shape index (κ3) is 2.02. The van der Waals surface area contributed by atoms with E-state index in [-0.39, 0.29) is 0 Å². The number of aromatic nitrogens is 1. The van der Waals surface area contributed by atoms with Gasteiger partial charge in [-0.05, 0) is 11.6 Å². The third-order valence-corrected chi connectivity index (χ3v) is 3.46. The van der Waals surface area contributed by atoms with Crippen molar-refractivity contribution in [2.45, 2.75) is 11.4 Å². The van der Waals surface area contributed by atoms with Gasteiger partial charge in [0.05, 0.1) is 5.37 Å². The summed E-state index contributed by atoms with van der Waals surface area (Å²) in [5, 5.41) is 3.83. The molecular formula is C9H13N3S. The summed E-state index contributed by atoms with van der Waals surface area (Å²) in [7, 11) is 0. The molecule has 1 saturated heterocycles. The first-order chi connectivity index (χ1) is 6.40. The van der Waals surface area contributed by atoms with Gasteiger partial charge in [0.15, 0.2) is 0 Å². The first kappa shape index (κ1) is 8.99. The van der Waals surface area contributed by atoms with Crippen molar-refractivity contribution in [1.29, 1.82) is 0 Å². The minimum Gasteiger partial charge on any atom is -0.329 e. The van der Waals surface area contributed by atoms with E-state index in [1.165, 1.54) is 5.56 Å². The summed E-state index contributed by atoms with van der Waals surface area (Å²) in [5.74, 6) is 1.09. The Bertz CT molecular complexity index is 265. The van der Waals surface area contributed by atoms with E-state index in [1.54, 1.807) is 6.20 Å². The van der Waals surface area contributed by atoms with E-state index in [9.17, 15) is 0 Å². The Hall–Kier alpha value is -0.580. The van der Waals surface area contributed by atoms with E-state index in [0.717, 1.165) is 5.75 Å². The molecule has 0 aromatic carbocycles. The molecule has 3 N–H and O–H groups in total. The van der Waals surface area contributed by atoms with Crippen LogP contribution in [-0.4, -0.2) is 23.3 Å². The molecule has 0 bridgehead atoms. The average Bonchev–Trinajstić information content (AvgIpc) is 2.67. The van der Waals surface area contributed by atoms with Crippen LogP contribution in [0.4, 0.5) is 0 Å². The summed E-state index contributed by atoms with van der Waals surface area (Å²) in [6.45, 7) is 0.712. The van der Waals surface area contributed by atoms with Crippen LogP contribution in [0.2, 0.25) is 0 Å². The van der Waals surface area contributed by atoms with E-state index >= 15 is 0 Å². The van der Waals surface area contributed by atoms with Crippen molar-refractivity contribution in [2.75, 3.05) is 12.3 Å². The fourth-order valence-electron chi connectivity index (χ4n) is 1.38. The molecule has 0 saturated carbocycles. The van der Waals surface area contributed by atoms with Gasteiger partial charge in [-0.25, -0.2) is 0 Å². The first-order valence-corrected chi connectivity index (χ1v) is 5.42. The van der Waals surface area contributed by atoms with Gasteiger partial charge in [0.25, 0.3) is 0 Å². The highest BCUT2D eigenvalue weighted by molar-refractivity contribution is 7.99. The van der Waals surface area contributed by atoms with E-state index in [1.807, 2.05) is 24.0 Å².